The Bertz CT molecular complexity index is 1360. The second-order valence-corrected chi connectivity index (χ2v) is 9.15. The lowest BCUT2D eigenvalue weighted by atomic mass is 10.0. The normalized spacial score (nSPS) is 19.9. The number of non-ortho nitro benzene ring substituents is 1. The van der Waals surface area contributed by atoms with Crippen LogP contribution in [0.2, 0.25) is 0 Å². The number of hydrogen-bond acceptors (Lipinski definition) is 5. The highest BCUT2D eigenvalue weighted by atomic mass is 19.4. The molecule has 0 bridgehead atoms. The quantitative estimate of drug-likeness (QED) is 0.369. The lowest BCUT2D eigenvalue weighted by Gasteiger charge is -2.32. The first-order valence-corrected chi connectivity index (χ1v) is 11.6. The van der Waals surface area contributed by atoms with Gasteiger partial charge in [-0.2, -0.15) is 13.2 Å². The number of nitrogens with one attached hydrogen (secondary N) is 2. The van der Waals surface area contributed by atoms with Crippen LogP contribution in [0.3, 0.4) is 0 Å². The number of amides is 2. The Hall–Kier alpha value is -3.96. The van der Waals surface area contributed by atoms with Crippen molar-refractivity contribution in [1.82, 2.24) is 14.9 Å². The number of imidazole rings is 1. The largest absolute Gasteiger partial charge is 0.440 e. The molecule has 1 atom stereocenters. The van der Waals surface area contributed by atoms with Crippen LogP contribution in [0.5, 0.6) is 0 Å². The van der Waals surface area contributed by atoms with Crippen LogP contribution >= 0.6 is 0 Å². The van der Waals surface area contributed by atoms with Crippen LogP contribution in [-0.2, 0) is 15.3 Å². The van der Waals surface area contributed by atoms with Gasteiger partial charge in [0.1, 0.15) is 0 Å². The number of aromatic nitrogens is 2. The van der Waals surface area contributed by atoms with Gasteiger partial charge >= 0.3 is 6.18 Å². The van der Waals surface area contributed by atoms with E-state index in [-0.39, 0.29) is 29.1 Å². The third-order valence-electron chi connectivity index (χ3n) is 6.95. The minimum Gasteiger partial charge on any atom is -0.317 e. The maximum Gasteiger partial charge on any atom is 0.440 e. The van der Waals surface area contributed by atoms with E-state index in [1.807, 2.05) is 5.32 Å². The molecule has 1 aliphatic heterocycles. The number of rotatable bonds is 6. The fraction of sp³-hybridized carbons (Fsp3) is 0.375. The Balaban J connectivity index is 1.56. The number of hydrogen-bond donors (Lipinski definition) is 2. The van der Waals surface area contributed by atoms with Crippen LogP contribution < -0.4 is 10.6 Å². The van der Waals surface area contributed by atoms with Crippen molar-refractivity contribution in [3.8, 4) is 11.1 Å². The molecule has 1 saturated carbocycles. The number of fused-ring (bicyclic) bond motifs is 3. The Kier molecular flexibility index (Phi) is 5.68. The zero-order valence-corrected chi connectivity index (χ0v) is 19.0. The summed E-state index contributed by atoms with van der Waals surface area (Å²) in [7, 11) is 0. The number of nitrogens with zero attached hydrogens (tertiary/aromatic N) is 3. The molecule has 1 unspecified atom stereocenters. The number of alkyl halides is 3. The van der Waals surface area contributed by atoms with E-state index in [1.165, 1.54) is 36.4 Å². The third-order valence-corrected chi connectivity index (χ3v) is 6.95. The second-order valence-electron chi connectivity index (χ2n) is 9.15. The van der Waals surface area contributed by atoms with Crippen molar-refractivity contribution < 1.29 is 27.7 Å². The topological polar surface area (TPSA) is 119 Å². The highest BCUT2D eigenvalue weighted by Gasteiger charge is 2.67. The Morgan fingerprint density at radius 2 is 1.89 bits per heavy atom. The smallest absolute Gasteiger partial charge is 0.317 e. The molecule has 36 heavy (non-hydrogen) atoms. The van der Waals surface area contributed by atoms with Crippen molar-refractivity contribution in [2.75, 3.05) is 5.32 Å². The summed E-state index contributed by atoms with van der Waals surface area (Å²) in [6, 6.07) is 10.00. The van der Waals surface area contributed by atoms with Gasteiger partial charge in [-0.25, -0.2) is 4.98 Å². The number of nitro benzene ring substituents is 1. The number of halogens is 3. The van der Waals surface area contributed by atoms with Crippen molar-refractivity contribution in [1.29, 1.82) is 0 Å². The molecule has 1 fully saturated rings. The van der Waals surface area contributed by atoms with Crippen molar-refractivity contribution in [2.45, 2.75) is 50.4 Å². The van der Waals surface area contributed by atoms with E-state index in [0.29, 0.717) is 28.0 Å². The first kappa shape index (κ1) is 23.8. The second kappa shape index (κ2) is 8.61. The third kappa shape index (κ3) is 3.76. The van der Waals surface area contributed by atoms with E-state index in [4.69, 9.17) is 0 Å². The highest BCUT2D eigenvalue weighted by molar-refractivity contribution is 6.06. The Morgan fingerprint density at radius 1 is 1.19 bits per heavy atom. The van der Waals surface area contributed by atoms with Gasteiger partial charge in [0.25, 0.3) is 17.3 Å². The molecule has 0 radical (unpaired) electrons. The van der Waals surface area contributed by atoms with E-state index >= 15 is 0 Å². The van der Waals surface area contributed by atoms with Crippen molar-refractivity contribution in [3.63, 3.8) is 0 Å². The Morgan fingerprint density at radius 3 is 2.53 bits per heavy atom. The van der Waals surface area contributed by atoms with Gasteiger partial charge < -0.3 is 5.32 Å². The number of carbonyl (C=O) groups is 2. The summed E-state index contributed by atoms with van der Waals surface area (Å²) < 4.78 is 44.5. The minimum absolute atomic E-state index is 0.0207. The van der Waals surface area contributed by atoms with E-state index in [2.05, 4.69) is 10.3 Å². The van der Waals surface area contributed by atoms with E-state index in [1.54, 1.807) is 6.07 Å². The van der Waals surface area contributed by atoms with Crippen molar-refractivity contribution in [3.05, 3.63) is 52.6 Å². The van der Waals surface area contributed by atoms with Gasteiger partial charge in [0.2, 0.25) is 11.9 Å². The molecule has 2 aliphatic rings. The van der Waals surface area contributed by atoms with Gasteiger partial charge in [-0.3, -0.25) is 29.6 Å². The van der Waals surface area contributed by atoms with Gasteiger partial charge in [-0.1, -0.05) is 37.8 Å². The predicted molar refractivity (Wildman–Crippen MR) is 124 cm³/mol. The molecule has 2 amide bonds. The molecule has 0 spiro atoms. The van der Waals surface area contributed by atoms with Crippen LogP contribution in [0.1, 0.15) is 38.5 Å². The number of carbonyl (C=O) groups excluding carboxylic acids is 2. The molecule has 2 heterocycles. The first-order valence-electron chi connectivity index (χ1n) is 11.6. The highest BCUT2D eigenvalue weighted by Crippen LogP contribution is 2.45. The van der Waals surface area contributed by atoms with Crippen molar-refractivity contribution in [2.24, 2.45) is 5.92 Å². The van der Waals surface area contributed by atoms with Crippen LogP contribution in [-0.4, -0.2) is 32.5 Å². The van der Waals surface area contributed by atoms with Gasteiger partial charge in [-0.05, 0) is 36.1 Å². The monoisotopic (exact) mass is 501 g/mol. The molecule has 1 aromatic heterocycles. The summed E-state index contributed by atoms with van der Waals surface area (Å²) >= 11 is 0. The summed E-state index contributed by atoms with van der Waals surface area (Å²) in [6.07, 6.45) is -0.845. The van der Waals surface area contributed by atoms with Gasteiger partial charge in [0.15, 0.2) is 0 Å². The SMILES string of the molecule is O=C(CCC1CCCC1)NC1(C(F)(F)F)C(=O)Nc2nc3c(-c4ccc([N+](=O)[O-])cc4)cccc3n21. The summed E-state index contributed by atoms with van der Waals surface area (Å²) in [5, 5.41) is 15.1. The molecule has 9 nitrogen and oxygen atoms in total. The average molecular weight is 501 g/mol. The van der Waals surface area contributed by atoms with E-state index < -0.39 is 28.6 Å². The Labute approximate surface area is 202 Å². The number of benzene rings is 2. The molecule has 2 aromatic carbocycles. The van der Waals surface area contributed by atoms with Gasteiger partial charge in [0, 0.05) is 24.1 Å². The standard InChI is InChI=1S/C24H22F3N5O4/c25-24(26,27)23(30-19(33)13-8-14-4-1-2-5-14)21(34)29-22-28-20-17(6-3-7-18(20)31(22)23)15-9-11-16(12-10-15)32(35)36/h3,6-7,9-12,14H,1-2,4-5,8,13H2,(H,30,33)(H,28,29,34). The van der Waals surface area contributed by atoms with Gasteiger partial charge in [0.05, 0.1) is 16.0 Å². The van der Waals surface area contributed by atoms with Crippen LogP contribution in [0, 0.1) is 16.0 Å². The molecule has 2 N–H and O–H groups in total. The molecule has 188 valence electrons. The van der Waals surface area contributed by atoms with Gasteiger partial charge in [-0.15, -0.1) is 0 Å². The van der Waals surface area contributed by atoms with E-state index in [0.717, 1.165) is 25.7 Å². The number of anilines is 1. The summed E-state index contributed by atoms with van der Waals surface area (Å²) in [6.45, 7) is 0. The maximum atomic E-state index is 14.6. The maximum absolute atomic E-state index is 14.6. The summed E-state index contributed by atoms with van der Waals surface area (Å²) in [4.78, 5) is 40.2. The number of para-hydroxylation sites is 1. The van der Waals surface area contributed by atoms with Crippen LogP contribution in [0.25, 0.3) is 22.2 Å². The minimum atomic E-state index is -5.16. The van der Waals surface area contributed by atoms with Crippen LogP contribution in [0.15, 0.2) is 42.5 Å². The first-order chi connectivity index (χ1) is 17.1. The van der Waals surface area contributed by atoms with Crippen LogP contribution in [0.4, 0.5) is 24.8 Å². The summed E-state index contributed by atoms with van der Waals surface area (Å²) in [5.41, 5.74) is -2.45. The van der Waals surface area contributed by atoms with E-state index in [9.17, 15) is 32.9 Å². The number of nitro groups is 1. The molecule has 0 saturated heterocycles. The predicted octanol–water partition coefficient (Wildman–Crippen LogP) is 4.87. The fourth-order valence-corrected chi connectivity index (χ4v) is 5.15. The lowest BCUT2D eigenvalue weighted by Crippen LogP contribution is -2.63. The zero-order valence-electron chi connectivity index (χ0n) is 19.0. The molecular weight excluding hydrogens is 479 g/mol. The molecule has 5 rings (SSSR count). The molecule has 3 aromatic rings. The lowest BCUT2D eigenvalue weighted by molar-refractivity contribution is -0.384. The molecular formula is C24H22F3N5O4. The fourth-order valence-electron chi connectivity index (χ4n) is 5.15. The zero-order chi connectivity index (χ0) is 25.7. The summed E-state index contributed by atoms with van der Waals surface area (Å²) in [5.74, 6) is -2.35. The van der Waals surface area contributed by atoms with Crippen molar-refractivity contribution >= 4 is 34.5 Å². The molecule has 1 aliphatic carbocycles. The average Bonchev–Trinajstić information content (AvgIpc) is 3.53. The molecule has 12 heteroatoms.